The van der Waals surface area contributed by atoms with Gasteiger partial charge in [-0.25, -0.2) is 4.79 Å². The van der Waals surface area contributed by atoms with E-state index in [1.54, 1.807) is 0 Å². The Morgan fingerprint density at radius 3 is 1.91 bits per heavy atom. The minimum Gasteiger partial charge on any atom is -0.445 e. The van der Waals surface area contributed by atoms with Crippen molar-refractivity contribution in [3.8, 4) is 0 Å². The lowest BCUT2D eigenvalue weighted by Gasteiger charge is -2.37. The molecule has 0 radical (unpaired) electrons. The topological polar surface area (TPSA) is 61.9 Å². The van der Waals surface area contributed by atoms with Crippen LogP contribution in [-0.2, 0) is 22.6 Å². The number of para-hydroxylation sites is 1. The second kappa shape index (κ2) is 11.2. The van der Waals surface area contributed by atoms with Crippen LogP contribution < -0.4 is 10.2 Å². The van der Waals surface area contributed by atoms with Gasteiger partial charge in [0.05, 0.1) is 0 Å². The number of carbonyl (C=O) groups excluding carboxylic acids is 2. The molecule has 1 N–H and O–H groups in total. The average Bonchev–Trinajstić information content (AvgIpc) is 2.88. The van der Waals surface area contributed by atoms with Crippen LogP contribution in [0.2, 0.25) is 0 Å². The quantitative estimate of drug-likeness (QED) is 0.602. The Balaban J connectivity index is 1.38. The maximum Gasteiger partial charge on any atom is 0.408 e. The number of amides is 2. The fourth-order valence-corrected chi connectivity index (χ4v) is 4.00. The molecule has 0 saturated carbocycles. The van der Waals surface area contributed by atoms with Crippen molar-refractivity contribution in [2.24, 2.45) is 0 Å². The molecular formula is C27H29N3O3. The molecule has 1 heterocycles. The number of carbonyl (C=O) groups is 2. The summed E-state index contributed by atoms with van der Waals surface area (Å²) in [5.74, 6) is -0.0803. The first-order valence-corrected chi connectivity index (χ1v) is 11.3. The van der Waals surface area contributed by atoms with Gasteiger partial charge in [-0.15, -0.1) is 0 Å². The van der Waals surface area contributed by atoms with Crippen LogP contribution in [-0.4, -0.2) is 49.1 Å². The number of anilines is 1. The van der Waals surface area contributed by atoms with E-state index in [9.17, 15) is 9.59 Å². The molecule has 1 fully saturated rings. The van der Waals surface area contributed by atoms with Gasteiger partial charge in [0.15, 0.2) is 0 Å². The number of rotatable bonds is 7. The van der Waals surface area contributed by atoms with Crippen LogP contribution in [0.5, 0.6) is 0 Å². The van der Waals surface area contributed by atoms with Crippen LogP contribution >= 0.6 is 0 Å². The highest BCUT2D eigenvalue weighted by atomic mass is 16.5. The van der Waals surface area contributed by atoms with Crippen LogP contribution in [0.4, 0.5) is 10.5 Å². The van der Waals surface area contributed by atoms with Crippen molar-refractivity contribution in [3.05, 3.63) is 102 Å². The van der Waals surface area contributed by atoms with E-state index in [0.29, 0.717) is 19.5 Å². The molecule has 6 heteroatoms. The molecule has 1 aliphatic rings. The van der Waals surface area contributed by atoms with Gasteiger partial charge in [-0.05, 0) is 23.3 Å². The first-order valence-electron chi connectivity index (χ1n) is 11.3. The Morgan fingerprint density at radius 1 is 0.758 bits per heavy atom. The molecule has 3 aromatic rings. The summed E-state index contributed by atoms with van der Waals surface area (Å²) in [7, 11) is 0. The molecule has 1 aliphatic heterocycles. The fraction of sp³-hybridized carbons (Fsp3) is 0.259. The number of nitrogens with one attached hydrogen (secondary N) is 1. The standard InChI is InChI=1S/C27H29N3O3/c31-26(30-18-16-29(17-19-30)24-14-8-3-9-15-24)25(20-22-10-4-1-5-11-22)28-27(32)33-21-23-12-6-2-7-13-23/h1-15,25H,16-21H2,(H,28,32). The van der Waals surface area contributed by atoms with E-state index < -0.39 is 12.1 Å². The third kappa shape index (κ3) is 6.35. The Hall–Kier alpha value is -3.80. The molecule has 6 nitrogen and oxygen atoms in total. The van der Waals surface area contributed by atoms with Gasteiger partial charge in [0, 0.05) is 38.3 Å². The van der Waals surface area contributed by atoms with E-state index in [2.05, 4.69) is 22.3 Å². The smallest absolute Gasteiger partial charge is 0.408 e. The van der Waals surface area contributed by atoms with Crippen molar-refractivity contribution in [2.75, 3.05) is 31.1 Å². The van der Waals surface area contributed by atoms with E-state index in [4.69, 9.17) is 4.74 Å². The van der Waals surface area contributed by atoms with Gasteiger partial charge in [0.2, 0.25) is 5.91 Å². The van der Waals surface area contributed by atoms with E-state index in [1.165, 1.54) is 0 Å². The van der Waals surface area contributed by atoms with E-state index >= 15 is 0 Å². The summed E-state index contributed by atoms with van der Waals surface area (Å²) in [4.78, 5) is 30.0. The van der Waals surface area contributed by atoms with E-state index in [0.717, 1.165) is 29.9 Å². The van der Waals surface area contributed by atoms with Gasteiger partial charge < -0.3 is 19.9 Å². The molecule has 1 atom stereocenters. The first kappa shape index (κ1) is 22.4. The van der Waals surface area contributed by atoms with Crippen molar-refractivity contribution < 1.29 is 14.3 Å². The van der Waals surface area contributed by atoms with E-state index in [1.807, 2.05) is 83.8 Å². The lowest BCUT2D eigenvalue weighted by atomic mass is 10.0. The van der Waals surface area contributed by atoms with Gasteiger partial charge >= 0.3 is 6.09 Å². The van der Waals surface area contributed by atoms with Crippen molar-refractivity contribution in [2.45, 2.75) is 19.1 Å². The highest BCUT2D eigenvalue weighted by Gasteiger charge is 2.29. The molecule has 33 heavy (non-hydrogen) atoms. The van der Waals surface area contributed by atoms with Gasteiger partial charge in [-0.2, -0.15) is 0 Å². The third-order valence-electron chi connectivity index (χ3n) is 5.80. The van der Waals surface area contributed by atoms with Crippen LogP contribution in [0.1, 0.15) is 11.1 Å². The number of alkyl carbamates (subject to hydrolysis) is 1. The molecule has 2 amide bonds. The molecular weight excluding hydrogens is 414 g/mol. The molecule has 3 aromatic carbocycles. The number of nitrogens with zero attached hydrogens (tertiary/aromatic N) is 2. The zero-order valence-corrected chi connectivity index (χ0v) is 18.6. The molecule has 1 unspecified atom stereocenters. The minimum absolute atomic E-state index is 0.0803. The van der Waals surface area contributed by atoms with Crippen LogP contribution in [0.15, 0.2) is 91.0 Å². The summed E-state index contributed by atoms with van der Waals surface area (Å²) in [6.45, 7) is 2.90. The molecule has 1 saturated heterocycles. The summed E-state index contributed by atoms with van der Waals surface area (Å²) < 4.78 is 5.38. The second-order valence-corrected chi connectivity index (χ2v) is 8.10. The van der Waals surface area contributed by atoms with Crippen molar-refractivity contribution in [1.29, 1.82) is 0 Å². The van der Waals surface area contributed by atoms with Crippen LogP contribution in [0.3, 0.4) is 0 Å². The van der Waals surface area contributed by atoms with Gasteiger partial charge in [-0.1, -0.05) is 78.9 Å². The number of hydrogen-bond donors (Lipinski definition) is 1. The van der Waals surface area contributed by atoms with Gasteiger partial charge in [0.25, 0.3) is 0 Å². The number of hydrogen-bond acceptors (Lipinski definition) is 4. The zero-order chi connectivity index (χ0) is 22.9. The second-order valence-electron chi connectivity index (χ2n) is 8.10. The monoisotopic (exact) mass is 443 g/mol. The predicted molar refractivity (Wildman–Crippen MR) is 129 cm³/mol. The maximum atomic E-state index is 13.4. The molecule has 0 aliphatic carbocycles. The summed E-state index contributed by atoms with van der Waals surface area (Å²) in [6, 6.07) is 28.8. The first-order chi connectivity index (χ1) is 16.2. The average molecular weight is 444 g/mol. The van der Waals surface area contributed by atoms with Crippen LogP contribution in [0.25, 0.3) is 0 Å². The van der Waals surface area contributed by atoms with Crippen molar-refractivity contribution in [3.63, 3.8) is 0 Å². The summed E-state index contributed by atoms with van der Waals surface area (Å²) in [6.07, 6.45) is -0.171. The Bertz CT molecular complexity index is 1020. The molecule has 4 rings (SSSR count). The zero-order valence-electron chi connectivity index (χ0n) is 18.6. The lowest BCUT2D eigenvalue weighted by Crippen LogP contribution is -2.55. The predicted octanol–water partition coefficient (Wildman–Crippen LogP) is 3.87. The normalized spacial score (nSPS) is 14.4. The highest BCUT2D eigenvalue weighted by Crippen LogP contribution is 2.16. The third-order valence-corrected chi connectivity index (χ3v) is 5.80. The highest BCUT2D eigenvalue weighted by molar-refractivity contribution is 5.86. The Morgan fingerprint density at radius 2 is 1.30 bits per heavy atom. The van der Waals surface area contributed by atoms with Crippen LogP contribution in [0, 0.1) is 0 Å². The maximum absolute atomic E-state index is 13.4. The summed E-state index contributed by atoms with van der Waals surface area (Å²) in [5, 5.41) is 2.81. The Labute approximate surface area is 194 Å². The number of piperazine rings is 1. The fourth-order valence-electron chi connectivity index (χ4n) is 4.00. The number of benzene rings is 3. The summed E-state index contributed by atoms with van der Waals surface area (Å²) >= 11 is 0. The Kier molecular flexibility index (Phi) is 7.59. The molecule has 0 bridgehead atoms. The largest absolute Gasteiger partial charge is 0.445 e. The molecule has 0 spiro atoms. The number of ether oxygens (including phenoxy) is 1. The SMILES string of the molecule is O=C(NC(Cc1ccccc1)C(=O)N1CCN(c2ccccc2)CC1)OCc1ccccc1. The van der Waals surface area contributed by atoms with E-state index in [-0.39, 0.29) is 12.5 Å². The molecule has 0 aromatic heterocycles. The molecule has 170 valence electrons. The summed E-state index contributed by atoms with van der Waals surface area (Å²) in [5.41, 5.74) is 3.05. The van der Waals surface area contributed by atoms with Crippen molar-refractivity contribution in [1.82, 2.24) is 10.2 Å². The van der Waals surface area contributed by atoms with Gasteiger partial charge in [-0.3, -0.25) is 4.79 Å². The van der Waals surface area contributed by atoms with Gasteiger partial charge in [0.1, 0.15) is 12.6 Å². The minimum atomic E-state index is -0.682. The lowest BCUT2D eigenvalue weighted by molar-refractivity contribution is -0.133. The van der Waals surface area contributed by atoms with Crippen molar-refractivity contribution >= 4 is 17.7 Å².